The predicted octanol–water partition coefficient (Wildman–Crippen LogP) is 4.37. The number of fused-ring (bicyclic) bond motifs is 1. The zero-order valence-corrected chi connectivity index (χ0v) is 13.5. The zero-order valence-electron chi connectivity index (χ0n) is 13.5. The van der Waals surface area contributed by atoms with Gasteiger partial charge < -0.3 is 4.74 Å². The minimum Gasteiger partial charge on any atom is -0.455 e. The van der Waals surface area contributed by atoms with E-state index in [1.165, 1.54) is 18.4 Å². The summed E-state index contributed by atoms with van der Waals surface area (Å²) in [6.45, 7) is 4.48. The molecule has 6 unspecified atom stereocenters. The summed E-state index contributed by atoms with van der Waals surface area (Å²) in [5, 5.41) is 0. The molecule has 0 heterocycles. The first kappa shape index (κ1) is 13.2. The van der Waals surface area contributed by atoms with Crippen molar-refractivity contribution >= 4 is 5.97 Å². The molecule has 2 bridgehead atoms. The Balaban J connectivity index is 1.39. The van der Waals surface area contributed by atoms with Gasteiger partial charge in [-0.05, 0) is 80.2 Å². The second kappa shape index (κ2) is 3.96. The maximum Gasteiger partial charge on any atom is 0.338 e. The molecule has 6 atom stereocenters. The Bertz CT molecular complexity index is 648. The van der Waals surface area contributed by atoms with E-state index in [0.717, 1.165) is 42.9 Å². The van der Waals surface area contributed by atoms with Crippen molar-refractivity contribution < 1.29 is 9.53 Å². The normalized spacial score (nSPS) is 47.2. The molecule has 0 radical (unpaired) electrons. The van der Waals surface area contributed by atoms with Crippen molar-refractivity contribution in [1.82, 2.24) is 0 Å². The molecule has 0 aromatic heterocycles. The first-order chi connectivity index (χ1) is 10.5. The van der Waals surface area contributed by atoms with E-state index in [-0.39, 0.29) is 11.6 Å². The van der Waals surface area contributed by atoms with Crippen molar-refractivity contribution in [3.63, 3.8) is 0 Å². The average Bonchev–Trinajstić information content (AvgIpc) is 2.99. The van der Waals surface area contributed by atoms with Crippen LogP contribution in [-0.4, -0.2) is 11.6 Å². The Hall–Kier alpha value is -1.31. The van der Waals surface area contributed by atoms with Crippen LogP contribution >= 0.6 is 0 Å². The summed E-state index contributed by atoms with van der Waals surface area (Å²) in [5.41, 5.74) is 2.32. The molecule has 1 aromatic rings. The number of aryl methyl sites for hydroxylation is 1. The third-order valence-electron chi connectivity index (χ3n) is 7.55. The summed E-state index contributed by atoms with van der Waals surface area (Å²) < 4.78 is 6.14. The van der Waals surface area contributed by atoms with E-state index < -0.39 is 0 Å². The van der Waals surface area contributed by atoms with Crippen LogP contribution in [0.3, 0.4) is 0 Å². The fraction of sp³-hybridized carbons (Fsp3) is 0.650. The lowest BCUT2D eigenvalue weighted by molar-refractivity contribution is -0.0579. The van der Waals surface area contributed by atoms with Crippen LogP contribution in [0.4, 0.5) is 0 Å². The third-order valence-corrected chi connectivity index (χ3v) is 7.55. The molecule has 5 rings (SSSR count). The van der Waals surface area contributed by atoms with Crippen molar-refractivity contribution in [1.29, 1.82) is 0 Å². The van der Waals surface area contributed by atoms with Crippen LogP contribution < -0.4 is 0 Å². The third kappa shape index (κ3) is 1.44. The molecular formula is C20H24O2. The van der Waals surface area contributed by atoms with Crippen molar-refractivity contribution in [3.8, 4) is 0 Å². The van der Waals surface area contributed by atoms with E-state index in [1.54, 1.807) is 0 Å². The quantitative estimate of drug-likeness (QED) is 0.758. The predicted molar refractivity (Wildman–Crippen MR) is 84.5 cm³/mol. The largest absolute Gasteiger partial charge is 0.455 e. The van der Waals surface area contributed by atoms with Crippen LogP contribution in [0.15, 0.2) is 24.3 Å². The fourth-order valence-electron chi connectivity index (χ4n) is 6.83. The lowest BCUT2D eigenvalue weighted by atomic mass is 9.52. The Kier molecular flexibility index (Phi) is 2.37. The fourth-order valence-corrected chi connectivity index (χ4v) is 6.83. The van der Waals surface area contributed by atoms with E-state index in [9.17, 15) is 4.79 Å². The summed E-state index contributed by atoms with van der Waals surface area (Å²) in [4.78, 5) is 12.6. The molecule has 0 saturated heterocycles. The van der Waals surface area contributed by atoms with Crippen molar-refractivity contribution in [2.24, 2.45) is 29.1 Å². The first-order valence-electron chi connectivity index (χ1n) is 8.82. The zero-order chi connectivity index (χ0) is 15.1. The highest BCUT2D eigenvalue weighted by molar-refractivity contribution is 5.89. The molecule has 22 heavy (non-hydrogen) atoms. The molecular weight excluding hydrogens is 272 g/mol. The number of rotatable bonds is 2. The lowest BCUT2D eigenvalue weighted by Gasteiger charge is -2.52. The topological polar surface area (TPSA) is 26.3 Å². The van der Waals surface area contributed by atoms with E-state index in [4.69, 9.17) is 4.74 Å². The highest BCUT2D eigenvalue weighted by atomic mass is 16.6. The number of ether oxygens (including phenoxy) is 1. The summed E-state index contributed by atoms with van der Waals surface area (Å²) in [6, 6.07) is 7.78. The van der Waals surface area contributed by atoms with E-state index in [2.05, 4.69) is 6.92 Å². The van der Waals surface area contributed by atoms with Gasteiger partial charge in [-0.2, -0.15) is 0 Å². The standard InChI is InChI=1S/C20H24O2/c1-12-3-5-14(6-4-12)18(21)22-19-9-15-7-13(2)17-8-16(10-19)20(15,17)11-19/h3-6,13,15-17H,7-11H2,1-2H3. The highest BCUT2D eigenvalue weighted by Gasteiger charge is 2.76. The van der Waals surface area contributed by atoms with Gasteiger partial charge in [0, 0.05) is 0 Å². The number of hydrogen-bond donors (Lipinski definition) is 0. The van der Waals surface area contributed by atoms with E-state index >= 15 is 0 Å². The van der Waals surface area contributed by atoms with Gasteiger partial charge in [0.05, 0.1) is 5.56 Å². The summed E-state index contributed by atoms with van der Waals surface area (Å²) in [6.07, 6.45) is 6.17. The first-order valence-corrected chi connectivity index (χ1v) is 8.82. The summed E-state index contributed by atoms with van der Waals surface area (Å²) in [7, 11) is 0. The minimum atomic E-state index is -0.133. The Labute approximate surface area is 132 Å². The van der Waals surface area contributed by atoms with Gasteiger partial charge in [0.15, 0.2) is 0 Å². The monoisotopic (exact) mass is 296 g/mol. The maximum atomic E-state index is 12.6. The van der Waals surface area contributed by atoms with Crippen LogP contribution in [0, 0.1) is 36.0 Å². The molecule has 4 fully saturated rings. The van der Waals surface area contributed by atoms with E-state index in [0.29, 0.717) is 11.0 Å². The highest BCUT2D eigenvalue weighted by Crippen LogP contribution is 2.80. The SMILES string of the molecule is Cc1ccc(C(=O)OC23CC4CC(C)C5CC(C2)C45C3)cc1. The molecule has 0 aliphatic heterocycles. The molecule has 0 N–H and O–H groups in total. The van der Waals surface area contributed by atoms with Crippen LogP contribution in [0.5, 0.6) is 0 Å². The second-order valence-electron chi connectivity index (χ2n) is 8.58. The van der Waals surface area contributed by atoms with Gasteiger partial charge in [-0.25, -0.2) is 4.79 Å². The van der Waals surface area contributed by atoms with Crippen molar-refractivity contribution in [2.45, 2.75) is 51.6 Å². The lowest BCUT2D eigenvalue weighted by Crippen LogP contribution is -2.47. The van der Waals surface area contributed by atoms with Gasteiger partial charge in [0.25, 0.3) is 0 Å². The molecule has 0 amide bonds. The molecule has 1 spiro atoms. The molecule has 116 valence electrons. The van der Waals surface area contributed by atoms with Gasteiger partial charge in [0.2, 0.25) is 0 Å². The Morgan fingerprint density at radius 1 is 1.14 bits per heavy atom. The molecule has 4 aliphatic carbocycles. The molecule has 4 aliphatic rings. The van der Waals surface area contributed by atoms with Gasteiger partial charge in [-0.15, -0.1) is 0 Å². The smallest absolute Gasteiger partial charge is 0.338 e. The van der Waals surface area contributed by atoms with Crippen LogP contribution in [0.1, 0.15) is 54.9 Å². The van der Waals surface area contributed by atoms with Gasteiger partial charge >= 0.3 is 5.97 Å². The molecule has 2 nitrogen and oxygen atoms in total. The number of hydrogen-bond acceptors (Lipinski definition) is 2. The molecule has 2 heteroatoms. The minimum absolute atomic E-state index is 0.109. The summed E-state index contributed by atoms with van der Waals surface area (Å²) >= 11 is 0. The Morgan fingerprint density at radius 3 is 2.50 bits per heavy atom. The number of benzene rings is 1. The van der Waals surface area contributed by atoms with Gasteiger partial charge in [-0.3, -0.25) is 0 Å². The number of esters is 1. The van der Waals surface area contributed by atoms with Crippen LogP contribution in [0.2, 0.25) is 0 Å². The maximum absolute atomic E-state index is 12.6. The second-order valence-corrected chi connectivity index (χ2v) is 8.58. The van der Waals surface area contributed by atoms with E-state index in [1.807, 2.05) is 31.2 Å². The molecule has 1 aromatic carbocycles. The Morgan fingerprint density at radius 2 is 1.82 bits per heavy atom. The van der Waals surface area contributed by atoms with Gasteiger partial charge in [0.1, 0.15) is 5.60 Å². The summed E-state index contributed by atoms with van der Waals surface area (Å²) in [5.74, 6) is 3.37. The van der Waals surface area contributed by atoms with Crippen molar-refractivity contribution in [2.75, 3.05) is 0 Å². The van der Waals surface area contributed by atoms with Gasteiger partial charge in [-0.1, -0.05) is 24.6 Å². The van der Waals surface area contributed by atoms with Crippen molar-refractivity contribution in [3.05, 3.63) is 35.4 Å². The number of carbonyl (C=O) groups is 1. The number of carbonyl (C=O) groups excluding carboxylic acids is 1. The van der Waals surface area contributed by atoms with Crippen LogP contribution in [-0.2, 0) is 4.74 Å². The average molecular weight is 296 g/mol. The molecule has 4 saturated carbocycles. The van der Waals surface area contributed by atoms with Crippen LogP contribution in [0.25, 0.3) is 0 Å².